The Hall–Kier alpha value is -2.56. The first-order valence-electron chi connectivity index (χ1n) is 10.8. The van der Waals surface area contributed by atoms with Gasteiger partial charge in [0.25, 0.3) is 0 Å². The van der Waals surface area contributed by atoms with E-state index in [2.05, 4.69) is 45.2 Å². The highest BCUT2D eigenvalue weighted by Crippen LogP contribution is 2.46. The number of piperidine rings is 1. The number of hydrogen-bond acceptors (Lipinski definition) is 2. The van der Waals surface area contributed by atoms with Crippen molar-refractivity contribution in [2.75, 3.05) is 13.1 Å². The minimum atomic E-state index is 0.513. The second kappa shape index (κ2) is 8.66. The fourth-order valence-corrected chi connectivity index (χ4v) is 4.95. The number of benzene rings is 1. The zero-order chi connectivity index (χ0) is 20.3. The third-order valence-electron chi connectivity index (χ3n) is 6.21. The molecule has 5 rings (SSSR count). The van der Waals surface area contributed by atoms with Crippen molar-refractivity contribution in [2.24, 2.45) is 5.92 Å². The number of nitrogens with one attached hydrogen (secondary N) is 1. The van der Waals surface area contributed by atoms with Crippen LogP contribution >= 0.6 is 11.6 Å². The van der Waals surface area contributed by atoms with Gasteiger partial charge in [0.15, 0.2) is 0 Å². The molecule has 1 aliphatic carbocycles. The van der Waals surface area contributed by atoms with Gasteiger partial charge in [-0.2, -0.15) is 6.20 Å². The Labute approximate surface area is 183 Å². The number of aryl methyl sites for hydroxylation is 1. The molecule has 0 saturated carbocycles. The average molecular weight is 418 g/mol. The highest BCUT2D eigenvalue weighted by Gasteiger charge is 2.25. The molecule has 0 unspecified atom stereocenters. The second-order valence-electron chi connectivity index (χ2n) is 8.14. The Morgan fingerprint density at radius 3 is 2.97 bits per heavy atom. The summed E-state index contributed by atoms with van der Waals surface area (Å²) in [6.07, 6.45) is 18.6. The van der Waals surface area contributed by atoms with Gasteiger partial charge >= 0.3 is 0 Å². The largest absolute Gasteiger partial charge is 0.663 e. The van der Waals surface area contributed by atoms with Crippen molar-refractivity contribution < 1.29 is 0 Å². The molecule has 0 atom stereocenters. The molecule has 1 aromatic carbocycles. The second-order valence-corrected chi connectivity index (χ2v) is 8.58. The molecule has 1 aromatic heterocycles. The lowest BCUT2D eigenvalue weighted by molar-refractivity contribution is 0.446. The monoisotopic (exact) mass is 417 g/mol. The maximum Gasteiger partial charge on any atom is 0.0945 e. The molecule has 30 heavy (non-hydrogen) atoms. The smallest absolute Gasteiger partial charge is 0.0945 e. The van der Waals surface area contributed by atoms with Gasteiger partial charge in [-0.05, 0) is 79.1 Å². The topological polar surface area (TPSA) is 44.0 Å². The molecule has 2 aliphatic heterocycles. The molecular weight excluding hydrogens is 392 g/mol. The van der Waals surface area contributed by atoms with E-state index in [0.717, 1.165) is 56.0 Å². The van der Waals surface area contributed by atoms with Gasteiger partial charge in [0, 0.05) is 24.0 Å². The van der Waals surface area contributed by atoms with Gasteiger partial charge in [-0.3, -0.25) is 0 Å². The van der Waals surface area contributed by atoms with E-state index in [-0.39, 0.29) is 0 Å². The van der Waals surface area contributed by atoms with Crippen molar-refractivity contribution in [3.63, 3.8) is 0 Å². The van der Waals surface area contributed by atoms with Crippen molar-refractivity contribution in [3.8, 4) is 0 Å². The molecule has 1 fully saturated rings. The van der Waals surface area contributed by atoms with Gasteiger partial charge in [0.1, 0.15) is 0 Å². The molecule has 3 heterocycles. The van der Waals surface area contributed by atoms with Gasteiger partial charge < -0.3 is 15.2 Å². The van der Waals surface area contributed by atoms with E-state index in [4.69, 9.17) is 16.9 Å². The first kappa shape index (κ1) is 19.4. The van der Waals surface area contributed by atoms with Crippen LogP contribution in [0.15, 0.2) is 72.1 Å². The summed E-state index contributed by atoms with van der Waals surface area (Å²) in [5, 5.41) is 9.20. The van der Waals surface area contributed by atoms with Gasteiger partial charge in [-0.25, -0.2) is 4.98 Å². The van der Waals surface area contributed by atoms with Gasteiger partial charge in [-0.1, -0.05) is 41.5 Å². The molecule has 1 N–H and O–H groups in total. The fraction of sp³-hybridized carbons (Fsp3) is 0.320. The lowest BCUT2D eigenvalue weighted by Crippen LogP contribution is -2.28. The minimum Gasteiger partial charge on any atom is -0.663 e. The van der Waals surface area contributed by atoms with Crippen LogP contribution in [0.1, 0.15) is 36.8 Å². The number of nitrogens with zero attached hydrogens (tertiary/aromatic N) is 3. The van der Waals surface area contributed by atoms with Crippen LogP contribution in [0.25, 0.3) is 17.0 Å². The van der Waals surface area contributed by atoms with Crippen LogP contribution in [0.5, 0.6) is 0 Å². The van der Waals surface area contributed by atoms with Gasteiger partial charge in [-0.15, -0.1) is 5.70 Å². The van der Waals surface area contributed by atoms with E-state index in [9.17, 15) is 0 Å². The lowest BCUT2D eigenvalue weighted by Gasteiger charge is -2.36. The van der Waals surface area contributed by atoms with Crippen LogP contribution in [0.2, 0.25) is 5.02 Å². The molecule has 5 heteroatoms. The van der Waals surface area contributed by atoms with Crippen LogP contribution in [0, 0.1) is 5.92 Å². The number of halogens is 1. The van der Waals surface area contributed by atoms with Crippen molar-refractivity contribution in [1.82, 2.24) is 14.9 Å². The van der Waals surface area contributed by atoms with Crippen molar-refractivity contribution >= 4 is 23.3 Å². The minimum absolute atomic E-state index is 0.513. The van der Waals surface area contributed by atoms with E-state index >= 15 is 0 Å². The molecule has 3 aliphatic rings. The van der Waals surface area contributed by atoms with Gasteiger partial charge in [0.2, 0.25) is 0 Å². The molecule has 2 aromatic rings. The average Bonchev–Trinajstić information content (AvgIpc) is 3.25. The molecule has 1 saturated heterocycles. The van der Waals surface area contributed by atoms with Crippen LogP contribution in [0.4, 0.5) is 0 Å². The third-order valence-corrected chi connectivity index (χ3v) is 6.45. The first-order valence-corrected chi connectivity index (χ1v) is 11.2. The maximum absolute atomic E-state index is 6.42. The van der Waals surface area contributed by atoms with Crippen LogP contribution < -0.4 is 5.32 Å². The van der Waals surface area contributed by atoms with Gasteiger partial charge in [0.05, 0.1) is 6.33 Å². The van der Waals surface area contributed by atoms with Crippen LogP contribution in [-0.4, -0.2) is 22.6 Å². The zero-order valence-electron chi connectivity index (χ0n) is 17.0. The number of allylic oxidation sites excluding steroid dienone is 4. The summed E-state index contributed by atoms with van der Waals surface area (Å²) in [4.78, 5) is 4.15. The highest BCUT2D eigenvalue weighted by molar-refractivity contribution is 6.30. The third kappa shape index (κ3) is 3.90. The van der Waals surface area contributed by atoms with Crippen LogP contribution in [-0.2, 0) is 6.54 Å². The number of rotatable bonds is 5. The number of fused-ring (bicyclic) bond motifs is 2. The normalized spacial score (nSPS) is 18.8. The summed E-state index contributed by atoms with van der Waals surface area (Å²) >= 11 is 6.42. The molecule has 0 spiro atoms. The van der Waals surface area contributed by atoms with E-state index in [0.29, 0.717) is 5.92 Å². The number of hydrogen-bond donors (Lipinski definition) is 1. The predicted molar refractivity (Wildman–Crippen MR) is 124 cm³/mol. The molecule has 0 radical (unpaired) electrons. The molecule has 0 amide bonds. The Morgan fingerprint density at radius 1 is 1.23 bits per heavy atom. The summed E-state index contributed by atoms with van der Waals surface area (Å²) in [5.41, 5.74) is 7.65. The van der Waals surface area contributed by atoms with Crippen molar-refractivity contribution in [2.45, 2.75) is 32.2 Å². The SMILES string of the molecule is Clc1ccc2c(c1)C=C(CCCn1ccnc1)C1=CC=C[N-]C1=C2C1CCNCC1. The Balaban J connectivity index is 1.56. The first-order chi connectivity index (χ1) is 14.8. The van der Waals surface area contributed by atoms with E-state index in [1.807, 2.05) is 31.0 Å². The molecule has 0 bridgehead atoms. The Kier molecular flexibility index (Phi) is 5.60. The molecular formula is C25H26ClN4-. The summed E-state index contributed by atoms with van der Waals surface area (Å²) in [6, 6.07) is 6.32. The summed E-state index contributed by atoms with van der Waals surface area (Å²) < 4.78 is 2.14. The zero-order valence-corrected chi connectivity index (χ0v) is 17.8. The maximum atomic E-state index is 6.42. The Bertz CT molecular complexity index is 1040. The van der Waals surface area contributed by atoms with Crippen molar-refractivity contribution in [3.05, 3.63) is 93.6 Å². The standard InChI is InChI=1S/C25H26ClN4/c26-21-5-6-22-20(16-21)15-19(3-2-13-30-14-12-28-17-30)23-4-1-9-29-25(23)24(22)18-7-10-27-11-8-18/h1,4-6,9,12,14-18,27H,2-3,7-8,10-11,13H2/q-1. The highest BCUT2D eigenvalue weighted by atomic mass is 35.5. The Morgan fingerprint density at radius 2 is 2.13 bits per heavy atom. The van der Waals surface area contributed by atoms with Crippen molar-refractivity contribution in [1.29, 1.82) is 0 Å². The quantitative estimate of drug-likeness (QED) is 0.653. The summed E-state index contributed by atoms with van der Waals surface area (Å²) in [5.74, 6) is 0.513. The number of aromatic nitrogens is 2. The molecule has 154 valence electrons. The summed E-state index contributed by atoms with van der Waals surface area (Å²) in [6.45, 7) is 3.08. The van der Waals surface area contributed by atoms with E-state index in [1.54, 1.807) is 0 Å². The van der Waals surface area contributed by atoms with Crippen LogP contribution in [0.3, 0.4) is 0 Å². The number of imidazole rings is 1. The fourth-order valence-electron chi connectivity index (χ4n) is 4.77. The lowest BCUT2D eigenvalue weighted by atomic mass is 9.82. The van der Waals surface area contributed by atoms with E-state index in [1.165, 1.54) is 27.8 Å². The van der Waals surface area contributed by atoms with E-state index < -0.39 is 0 Å². The molecule has 4 nitrogen and oxygen atoms in total. The summed E-state index contributed by atoms with van der Waals surface area (Å²) in [7, 11) is 0. The predicted octanol–water partition coefficient (Wildman–Crippen LogP) is 5.95.